The van der Waals surface area contributed by atoms with Gasteiger partial charge in [0.05, 0.1) is 5.75 Å². The van der Waals surface area contributed by atoms with Crippen LogP contribution in [-0.4, -0.2) is 20.0 Å². The molecular weight excluding hydrogens is 428 g/mol. The maximum absolute atomic E-state index is 13.7. The maximum Gasteiger partial charge on any atom is 0.178 e. The Bertz CT molecular complexity index is 1030. The summed E-state index contributed by atoms with van der Waals surface area (Å²) in [5.41, 5.74) is 1.26. The van der Waals surface area contributed by atoms with E-state index in [2.05, 4.69) is 13.8 Å². The second-order valence-corrected chi connectivity index (χ2v) is 12.8. The summed E-state index contributed by atoms with van der Waals surface area (Å²) in [7, 11) is -1.28. The van der Waals surface area contributed by atoms with Gasteiger partial charge in [0.2, 0.25) is 0 Å². The third-order valence-electron chi connectivity index (χ3n) is 8.78. The minimum atomic E-state index is -1.28. The van der Waals surface area contributed by atoms with Crippen LogP contribution in [0.5, 0.6) is 0 Å². The quantitative estimate of drug-likeness (QED) is 0.575. The van der Waals surface area contributed by atoms with Crippen molar-refractivity contribution >= 4 is 34.0 Å². The van der Waals surface area contributed by atoms with E-state index < -0.39 is 20.4 Å². The Labute approximate surface area is 191 Å². The number of carbonyl (C=O) groups is 2. The van der Waals surface area contributed by atoms with Crippen molar-refractivity contribution in [2.75, 3.05) is 0 Å². The molecule has 0 heterocycles. The van der Waals surface area contributed by atoms with E-state index in [1.165, 1.54) is 0 Å². The molecule has 0 bridgehead atoms. The number of hydrogen-bond donors (Lipinski definition) is 0. The summed E-state index contributed by atoms with van der Waals surface area (Å²) < 4.78 is 12.7. The first-order chi connectivity index (χ1) is 14.7. The van der Waals surface area contributed by atoms with E-state index in [9.17, 15) is 13.8 Å². The number of fused-ring (bicyclic) bond motifs is 5. The Morgan fingerprint density at radius 1 is 1.13 bits per heavy atom. The molecule has 0 unspecified atom stereocenters. The number of ketones is 2. The molecule has 0 N–H and O–H groups in total. The van der Waals surface area contributed by atoms with E-state index >= 15 is 0 Å². The third-order valence-corrected chi connectivity index (χ3v) is 11.9. The molecule has 0 radical (unpaired) electrons. The number of allylic oxidation sites excluding steroid dienone is 4. The van der Waals surface area contributed by atoms with Gasteiger partial charge in [-0.3, -0.25) is 13.8 Å². The number of benzene rings is 1. The van der Waals surface area contributed by atoms with E-state index in [-0.39, 0.29) is 34.7 Å². The minimum Gasteiger partial charge on any atom is -0.299 e. The summed E-state index contributed by atoms with van der Waals surface area (Å²) in [5.74, 6) is 1.05. The van der Waals surface area contributed by atoms with Gasteiger partial charge in [-0.25, -0.2) is 0 Å². The molecule has 3 fully saturated rings. The molecule has 0 aromatic heterocycles. The van der Waals surface area contributed by atoms with E-state index in [1.807, 2.05) is 36.4 Å². The fourth-order valence-electron chi connectivity index (χ4n) is 7.18. The zero-order valence-electron chi connectivity index (χ0n) is 18.1. The van der Waals surface area contributed by atoms with Crippen molar-refractivity contribution in [3.63, 3.8) is 0 Å². The van der Waals surface area contributed by atoms with Crippen molar-refractivity contribution in [3.05, 3.63) is 59.7 Å². The Hall–Kier alpha value is -1.52. The van der Waals surface area contributed by atoms with Gasteiger partial charge in [0, 0.05) is 34.0 Å². The van der Waals surface area contributed by atoms with E-state index in [4.69, 9.17) is 11.6 Å². The van der Waals surface area contributed by atoms with Crippen molar-refractivity contribution in [2.45, 2.75) is 55.9 Å². The molecule has 164 valence electrons. The Morgan fingerprint density at radius 2 is 1.87 bits per heavy atom. The van der Waals surface area contributed by atoms with Gasteiger partial charge in [-0.15, -0.1) is 11.6 Å². The van der Waals surface area contributed by atoms with Crippen LogP contribution in [0, 0.1) is 28.6 Å². The fraction of sp³-hybridized carbons (Fsp3) is 0.538. The van der Waals surface area contributed by atoms with Gasteiger partial charge in [0.25, 0.3) is 0 Å². The Balaban J connectivity index is 1.48. The number of hydrogen-bond acceptors (Lipinski definition) is 3. The summed E-state index contributed by atoms with van der Waals surface area (Å²) in [6.45, 7) is 4.23. The molecule has 1 aromatic rings. The SMILES string of the molecule is C[C@]12C=CC(=O)C=C1CC[C@@H]1[C@@H]2C(=O)C[C@@]2(C)[C@H]1CC[C@]2(Cl)[S@](=O)Cc1ccccc1. The van der Waals surface area contributed by atoms with Gasteiger partial charge in [-0.2, -0.15) is 0 Å². The molecule has 0 aliphatic heterocycles. The lowest BCUT2D eigenvalue weighted by atomic mass is 9.48. The highest BCUT2D eigenvalue weighted by Gasteiger charge is 2.67. The van der Waals surface area contributed by atoms with Gasteiger partial charge in [0.15, 0.2) is 5.78 Å². The number of rotatable bonds is 3. The van der Waals surface area contributed by atoms with Crippen molar-refractivity contribution in [3.8, 4) is 0 Å². The lowest BCUT2D eigenvalue weighted by Gasteiger charge is -2.56. The molecule has 0 saturated heterocycles. The molecule has 1 aromatic carbocycles. The molecule has 0 spiro atoms. The van der Waals surface area contributed by atoms with Crippen molar-refractivity contribution < 1.29 is 13.8 Å². The van der Waals surface area contributed by atoms with Gasteiger partial charge in [-0.1, -0.05) is 55.8 Å². The maximum atomic E-state index is 13.7. The minimum absolute atomic E-state index is 0.0240. The van der Waals surface area contributed by atoms with Crippen LogP contribution in [0.1, 0.15) is 51.5 Å². The molecule has 4 aliphatic carbocycles. The molecule has 5 rings (SSSR count). The second kappa shape index (κ2) is 7.25. The van der Waals surface area contributed by atoms with Crippen molar-refractivity contribution in [1.82, 2.24) is 0 Å². The van der Waals surface area contributed by atoms with Crippen LogP contribution in [-0.2, 0) is 26.1 Å². The first kappa shape index (κ1) is 21.3. The molecule has 3 saturated carbocycles. The first-order valence-electron chi connectivity index (χ1n) is 11.3. The van der Waals surface area contributed by atoms with Crippen molar-refractivity contribution in [1.29, 1.82) is 0 Å². The number of halogens is 1. The monoisotopic (exact) mass is 456 g/mol. The lowest BCUT2D eigenvalue weighted by Crippen LogP contribution is -2.57. The van der Waals surface area contributed by atoms with Crippen LogP contribution in [0.3, 0.4) is 0 Å². The number of carbonyl (C=O) groups excluding carboxylic acids is 2. The van der Waals surface area contributed by atoms with Crippen LogP contribution in [0.2, 0.25) is 0 Å². The summed E-state index contributed by atoms with van der Waals surface area (Å²) in [6, 6.07) is 9.84. The average Bonchev–Trinajstić information content (AvgIpc) is 3.00. The Kier molecular flexibility index (Phi) is 4.99. The number of Topliss-reactive ketones (excluding diaryl/α,β-unsaturated/α-hetero) is 1. The van der Waals surface area contributed by atoms with Crippen LogP contribution < -0.4 is 0 Å². The first-order valence-corrected chi connectivity index (χ1v) is 13.0. The van der Waals surface area contributed by atoms with Gasteiger partial charge in [-0.05, 0) is 55.2 Å². The highest BCUT2D eigenvalue weighted by atomic mass is 35.5. The Morgan fingerprint density at radius 3 is 2.61 bits per heavy atom. The normalized spacial score (nSPS) is 42.4. The van der Waals surface area contributed by atoms with Crippen LogP contribution >= 0.6 is 11.6 Å². The van der Waals surface area contributed by atoms with Crippen LogP contribution in [0.15, 0.2) is 54.1 Å². The second-order valence-electron chi connectivity index (χ2n) is 10.3. The van der Waals surface area contributed by atoms with Crippen LogP contribution in [0.4, 0.5) is 0 Å². The zero-order chi connectivity index (χ0) is 22.0. The largest absolute Gasteiger partial charge is 0.299 e. The summed E-state index contributed by atoms with van der Waals surface area (Å²) in [5, 5.41) is 0. The predicted molar refractivity (Wildman–Crippen MR) is 124 cm³/mol. The van der Waals surface area contributed by atoms with Gasteiger partial charge in [0.1, 0.15) is 9.99 Å². The molecule has 0 amide bonds. The topological polar surface area (TPSA) is 51.2 Å². The summed E-state index contributed by atoms with van der Waals surface area (Å²) in [4.78, 5) is 25.6. The van der Waals surface area contributed by atoms with E-state index in [1.54, 1.807) is 12.2 Å². The smallest absolute Gasteiger partial charge is 0.178 e. The van der Waals surface area contributed by atoms with E-state index in [0.29, 0.717) is 18.6 Å². The zero-order valence-corrected chi connectivity index (χ0v) is 19.7. The molecule has 4 aliphatic rings. The summed E-state index contributed by atoms with van der Waals surface area (Å²) >= 11 is 7.25. The number of alkyl halides is 1. The molecule has 7 atom stereocenters. The molecule has 5 heteroatoms. The highest BCUT2D eigenvalue weighted by Crippen LogP contribution is 2.68. The highest BCUT2D eigenvalue weighted by molar-refractivity contribution is 7.87. The molecular formula is C26H29ClO3S. The van der Waals surface area contributed by atoms with E-state index in [0.717, 1.165) is 30.4 Å². The third kappa shape index (κ3) is 3.01. The van der Waals surface area contributed by atoms with Crippen LogP contribution in [0.25, 0.3) is 0 Å². The van der Waals surface area contributed by atoms with Gasteiger partial charge >= 0.3 is 0 Å². The summed E-state index contributed by atoms with van der Waals surface area (Å²) in [6.07, 6.45) is 9.04. The fourth-order valence-corrected chi connectivity index (χ4v) is 9.47. The molecule has 31 heavy (non-hydrogen) atoms. The van der Waals surface area contributed by atoms with Crippen molar-refractivity contribution in [2.24, 2.45) is 28.6 Å². The lowest BCUT2D eigenvalue weighted by molar-refractivity contribution is -0.141. The molecule has 3 nitrogen and oxygen atoms in total. The van der Waals surface area contributed by atoms with Gasteiger partial charge < -0.3 is 0 Å². The predicted octanol–water partition coefficient (Wildman–Crippen LogP) is 5.36. The average molecular weight is 457 g/mol. The standard InChI is InChI=1S/C26H29ClO3S/c1-24-12-10-19(28)14-18(24)8-9-20-21-11-13-26(27,25(21,2)15-22(29)23(20)24)31(30)16-17-6-4-3-5-7-17/h3-7,10,12,14,20-21,23H,8-9,11,13,15-16H2,1-2H3/t20-,21-,23+,24-,25-,26-,31+/m0/s1.